The number of carbonyl (C=O) groups excluding carboxylic acids is 1. The lowest BCUT2D eigenvalue weighted by atomic mass is 9.98. The van der Waals surface area contributed by atoms with Crippen molar-refractivity contribution in [3.63, 3.8) is 0 Å². The summed E-state index contributed by atoms with van der Waals surface area (Å²) in [6.45, 7) is 7.83. The van der Waals surface area contributed by atoms with Crippen LogP contribution in [-0.4, -0.2) is 25.7 Å². The summed E-state index contributed by atoms with van der Waals surface area (Å²) in [6.07, 6.45) is 5.04. The van der Waals surface area contributed by atoms with Gasteiger partial charge in [-0.25, -0.2) is 9.97 Å². The molecule has 0 aliphatic rings. The number of aryl methyl sites for hydroxylation is 2. The Morgan fingerprint density at radius 2 is 2.00 bits per heavy atom. The fourth-order valence-electron chi connectivity index (χ4n) is 2.69. The molecule has 2 rings (SSSR count). The average molecular weight is 340 g/mol. The van der Waals surface area contributed by atoms with Gasteiger partial charge in [-0.1, -0.05) is 26.7 Å². The molecule has 132 valence electrons. The van der Waals surface area contributed by atoms with Crippen molar-refractivity contribution in [1.29, 1.82) is 5.26 Å². The second-order valence-electron chi connectivity index (χ2n) is 6.12. The van der Waals surface area contributed by atoms with Gasteiger partial charge in [0.2, 0.25) is 5.91 Å². The van der Waals surface area contributed by atoms with Gasteiger partial charge in [0.25, 0.3) is 5.95 Å². The van der Waals surface area contributed by atoms with Gasteiger partial charge in [-0.3, -0.25) is 4.79 Å². The molecule has 1 N–H and O–H groups in total. The van der Waals surface area contributed by atoms with E-state index in [2.05, 4.69) is 33.4 Å². The van der Waals surface area contributed by atoms with Crippen molar-refractivity contribution in [3.8, 4) is 12.0 Å². The van der Waals surface area contributed by atoms with Gasteiger partial charge in [0.05, 0.1) is 6.20 Å². The maximum atomic E-state index is 12.6. The number of aromatic nitrogens is 4. The number of anilines is 1. The van der Waals surface area contributed by atoms with Crippen LogP contribution >= 0.6 is 0 Å². The standard InChI is InChI=1S/C18H24N6O/c1-5-7-8-14(6-2)17(25)23-16-15(10-19)11-20-24(16)18-21-12(3)9-13(4)22-18/h9,11,14H,5-8H2,1-4H3,(H,23,25). The lowest BCUT2D eigenvalue weighted by molar-refractivity contribution is -0.120. The van der Waals surface area contributed by atoms with Crippen LogP contribution in [0, 0.1) is 31.1 Å². The summed E-state index contributed by atoms with van der Waals surface area (Å²) in [5, 5.41) is 16.4. The van der Waals surface area contributed by atoms with E-state index < -0.39 is 0 Å². The highest BCUT2D eigenvalue weighted by Gasteiger charge is 2.21. The Balaban J connectivity index is 2.35. The molecule has 0 fully saturated rings. The van der Waals surface area contributed by atoms with Crippen molar-refractivity contribution in [2.45, 2.75) is 53.4 Å². The minimum atomic E-state index is -0.0985. The van der Waals surface area contributed by atoms with Crippen molar-refractivity contribution in [1.82, 2.24) is 19.7 Å². The summed E-state index contributed by atoms with van der Waals surface area (Å²) >= 11 is 0. The third kappa shape index (κ3) is 4.41. The first-order chi connectivity index (χ1) is 12.0. The Kier molecular flexibility index (Phi) is 6.23. The van der Waals surface area contributed by atoms with Crippen LogP contribution in [0.4, 0.5) is 5.82 Å². The molecule has 0 aliphatic heterocycles. The molecule has 0 radical (unpaired) electrons. The summed E-state index contributed by atoms with van der Waals surface area (Å²) in [7, 11) is 0. The zero-order valence-corrected chi connectivity index (χ0v) is 15.2. The predicted molar refractivity (Wildman–Crippen MR) is 95.3 cm³/mol. The summed E-state index contributed by atoms with van der Waals surface area (Å²) < 4.78 is 1.42. The molecule has 0 aromatic carbocycles. The Bertz CT molecular complexity index is 769. The molecule has 1 unspecified atom stereocenters. The monoisotopic (exact) mass is 340 g/mol. The largest absolute Gasteiger partial charge is 0.309 e. The van der Waals surface area contributed by atoms with Crippen LogP contribution in [-0.2, 0) is 4.79 Å². The topological polar surface area (TPSA) is 96.5 Å². The van der Waals surface area contributed by atoms with Crippen LogP contribution in [0.25, 0.3) is 5.95 Å². The van der Waals surface area contributed by atoms with Crippen molar-refractivity contribution < 1.29 is 4.79 Å². The van der Waals surface area contributed by atoms with E-state index in [-0.39, 0.29) is 11.8 Å². The smallest absolute Gasteiger partial charge is 0.252 e. The van der Waals surface area contributed by atoms with Crippen LogP contribution in [0.15, 0.2) is 12.3 Å². The van der Waals surface area contributed by atoms with Gasteiger partial charge >= 0.3 is 0 Å². The Hall–Kier alpha value is -2.75. The molecule has 2 heterocycles. The van der Waals surface area contributed by atoms with E-state index >= 15 is 0 Å². The highest BCUT2D eigenvalue weighted by atomic mass is 16.2. The van der Waals surface area contributed by atoms with Crippen LogP contribution in [0.1, 0.15) is 56.5 Å². The van der Waals surface area contributed by atoms with E-state index in [1.165, 1.54) is 10.9 Å². The maximum Gasteiger partial charge on any atom is 0.252 e. The van der Waals surface area contributed by atoms with E-state index in [1.807, 2.05) is 26.8 Å². The molecular formula is C18H24N6O. The van der Waals surface area contributed by atoms with Gasteiger partial charge in [0.1, 0.15) is 11.6 Å². The molecular weight excluding hydrogens is 316 g/mol. The Morgan fingerprint density at radius 1 is 1.32 bits per heavy atom. The van der Waals surface area contributed by atoms with Gasteiger partial charge in [-0.2, -0.15) is 15.0 Å². The summed E-state index contributed by atoms with van der Waals surface area (Å²) in [4.78, 5) is 21.4. The number of rotatable bonds is 7. The van der Waals surface area contributed by atoms with E-state index in [1.54, 1.807) is 0 Å². The molecule has 1 atom stereocenters. The fraction of sp³-hybridized carbons (Fsp3) is 0.500. The van der Waals surface area contributed by atoms with Crippen molar-refractivity contribution >= 4 is 11.7 Å². The minimum Gasteiger partial charge on any atom is -0.309 e. The van der Waals surface area contributed by atoms with E-state index in [9.17, 15) is 10.1 Å². The van der Waals surface area contributed by atoms with Gasteiger partial charge in [-0.05, 0) is 32.8 Å². The quantitative estimate of drug-likeness (QED) is 0.834. The van der Waals surface area contributed by atoms with Gasteiger partial charge in [0.15, 0.2) is 5.82 Å². The van der Waals surface area contributed by atoms with Crippen molar-refractivity contribution in [2.75, 3.05) is 5.32 Å². The summed E-state index contributed by atoms with van der Waals surface area (Å²) in [5.74, 6) is 0.483. The van der Waals surface area contributed by atoms with E-state index in [0.29, 0.717) is 17.3 Å². The van der Waals surface area contributed by atoms with Crippen LogP contribution < -0.4 is 5.32 Å². The number of nitriles is 1. The molecule has 0 saturated heterocycles. The Labute approximate surface area is 148 Å². The molecule has 2 aromatic heterocycles. The molecule has 7 heteroatoms. The number of carbonyl (C=O) groups is 1. The molecule has 0 saturated carbocycles. The SMILES string of the molecule is CCCCC(CC)C(=O)Nc1c(C#N)cnn1-c1nc(C)cc(C)n1. The maximum absolute atomic E-state index is 12.6. The highest BCUT2D eigenvalue weighted by Crippen LogP contribution is 2.21. The number of amides is 1. The second kappa shape index (κ2) is 8.38. The molecule has 2 aromatic rings. The third-order valence-corrected chi connectivity index (χ3v) is 4.06. The number of nitrogens with zero attached hydrogens (tertiary/aromatic N) is 5. The van der Waals surface area contributed by atoms with Gasteiger partial charge < -0.3 is 5.32 Å². The van der Waals surface area contributed by atoms with Crippen LogP contribution in [0.5, 0.6) is 0 Å². The van der Waals surface area contributed by atoms with Gasteiger partial charge in [0, 0.05) is 17.3 Å². The van der Waals surface area contributed by atoms with E-state index in [0.717, 1.165) is 37.1 Å². The van der Waals surface area contributed by atoms with Crippen molar-refractivity contribution in [2.24, 2.45) is 5.92 Å². The number of unbranched alkanes of at least 4 members (excludes halogenated alkanes) is 1. The van der Waals surface area contributed by atoms with Crippen molar-refractivity contribution in [3.05, 3.63) is 29.2 Å². The lowest BCUT2D eigenvalue weighted by Gasteiger charge is -2.15. The molecule has 0 aliphatic carbocycles. The predicted octanol–water partition coefficient (Wildman–Crippen LogP) is 3.31. The molecule has 25 heavy (non-hydrogen) atoms. The molecule has 7 nitrogen and oxygen atoms in total. The zero-order chi connectivity index (χ0) is 18.4. The minimum absolute atomic E-state index is 0.0880. The van der Waals surface area contributed by atoms with Crippen LogP contribution in [0.2, 0.25) is 0 Å². The normalized spacial score (nSPS) is 11.8. The first-order valence-corrected chi connectivity index (χ1v) is 8.61. The number of nitrogens with one attached hydrogen (secondary N) is 1. The number of hydrogen-bond acceptors (Lipinski definition) is 5. The third-order valence-electron chi connectivity index (χ3n) is 4.06. The summed E-state index contributed by atoms with van der Waals surface area (Å²) in [6, 6.07) is 3.92. The Morgan fingerprint density at radius 3 is 2.56 bits per heavy atom. The molecule has 0 bridgehead atoms. The zero-order valence-electron chi connectivity index (χ0n) is 15.2. The second-order valence-corrected chi connectivity index (χ2v) is 6.12. The fourth-order valence-corrected chi connectivity index (χ4v) is 2.69. The van der Waals surface area contributed by atoms with Crippen LogP contribution in [0.3, 0.4) is 0 Å². The van der Waals surface area contributed by atoms with E-state index in [4.69, 9.17) is 0 Å². The first kappa shape index (κ1) is 18.6. The summed E-state index contributed by atoms with van der Waals surface area (Å²) in [5.41, 5.74) is 1.88. The van der Waals surface area contributed by atoms with Gasteiger partial charge in [-0.15, -0.1) is 0 Å². The lowest BCUT2D eigenvalue weighted by Crippen LogP contribution is -2.24. The molecule has 1 amide bonds. The highest BCUT2D eigenvalue weighted by molar-refractivity contribution is 5.93. The average Bonchev–Trinajstić information content (AvgIpc) is 2.97. The molecule has 0 spiro atoms. The number of hydrogen-bond donors (Lipinski definition) is 1. The first-order valence-electron chi connectivity index (χ1n) is 8.61.